The number of rotatable bonds is 6. The van der Waals surface area contributed by atoms with Gasteiger partial charge in [0.2, 0.25) is 0 Å². The molecule has 0 bridgehead atoms. The smallest absolute Gasteiger partial charge is 0.166 e. The molecular formula is C19H24FNO. The molecule has 1 fully saturated rings. The molecule has 22 heavy (non-hydrogen) atoms. The molecule has 0 heterocycles. The standard InChI is InChI=1S/C19H24FNO/c1-2-4-15-6-8-16(9-7-15)5-3-12-22-19-11-10-17(14-21)13-18(19)20/h3,5,10-11,13,15-16H,2,4,6-9,12H2,1H3. The molecular weight excluding hydrogens is 277 g/mol. The molecule has 1 aliphatic carbocycles. The summed E-state index contributed by atoms with van der Waals surface area (Å²) >= 11 is 0. The second kappa shape index (κ2) is 8.58. The molecule has 0 atom stereocenters. The van der Waals surface area contributed by atoms with E-state index in [1.54, 1.807) is 6.07 Å². The molecule has 3 heteroatoms. The summed E-state index contributed by atoms with van der Waals surface area (Å²) in [6, 6.07) is 6.19. The van der Waals surface area contributed by atoms with Crippen molar-refractivity contribution in [2.24, 2.45) is 11.8 Å². The minimum atomic E-state index is -0.479. The van der Waals surface area contributed by atoms with Crippen LogP contribution in [0.3, 0.4) is 0 Å². The molecule has 1 aliphatic rings. The third-order valence-electron chi connectivity index (χ3n) is 4.39. The van der Waals surface area contributed by atoms with Gasteiger partial charge in [0.25, 0.3) is 0 Å². The SMILES string of the molecule is CCCC1CCC(C=CCOc2ccc(C#N)cc2F)CC1. The second-order valence-electron chi connectivity index (χ2n) is 6.07. The first kappa shape index (κ1) is 16.5. The summed E-state index contributed by atoms with van der Waals surface area (Å²) in [4.78, 5) is 0. The quantitative estimate of drug-likeness (QED) is 0.673. The number of hydrogen-bond acceptors (Lipinski definition) is 2. The fourth-order valence-corrected chi connectivity index (χ4v) is 3.15. The Kier molecular flexibility index (Phi) is 6.45. The highest BCUT2D eigenvalue weighted by Crippen LogP contribution is 2.32. The van der Waals surface area contributed by atoms with Gasteiger partial charge >= 0.3 is 0 Å². The Morgan fingerprint density at radius 3 is 2.73 bits per heavy atom. The molecule has 2 nitrogen and oxygen atoms in total. The Labute approximate surface area is 132 Å². The van der Waals surface area contributed by atoms with Gasteiger partial charge in [-0.1, -0.05) is 31.9 Å². The first-order valence-corrected chi connectivity index (χ1v) is 8.22. The zero-order valence-electron chi connectivity index (χ0n) is 13.2. The number of ether oxygens (including phenoxy) is 1. The van der Waals surface area contributed by atoms with Crippen molar-refractivity contribution in [3.8, 4) is 11.8 Å². The average molecular weight is 301 g/mol. The van der Waals surface area contributed by atoms with Gasteiger partial charge in [-0.3, -0.25) is 0 Å². The van der Waals surface area contributed by atoms with Gasteiger partial charge in [0, 0.05) is 0 Å². The summed E-state index contributed by atoms with van der Waals surface area (Å²) < 4.78 is 19.1. The third-order valence-corrected chi connectivity index (χ3v) is 4.39. The topological polar surface area (TPSA) is 33.0 Å². The van der Waals surface area contributed by atoms with Crippen molar-refractivity contribution in [3.05, 3.63) is 41.7 Å². The fourth-order valence-electron chi connectivity index (χ4n) is 3.15. The minimum absolute atomic E-state index is 0.204. The van der Waals surface area contributed by atoms with E-state index in [1.807, 2.05) is 12.1 Å². The molecule has 0 amide bonds. The Hall–Kier alpha value is -1.82. The van der Waals surface area contributed by atoms with Crippen LogP contribution in [0.25, 0.3) is 0 Å². The predicted octanol–water partition coefficient (Wildman–Crippen LogP) is 5.24. The van der Waals surface area contributed by atoms with E-state index < -0.39 is 5.82 Å². The highest BCUT2D eigenvalue weighted by atomic mass is 19.1. The first-order valence-electron chi connectivity index (χ1n) is 8.22. The van der Waals surface area contributed by atoms with Gasteiger partial charge < -0.3 is 4.74 Å². The van der Waals surface area contributed by atoms with Crippen LogP contribution in [0.1, 0.15) is 51.0 Å². The van der Waals surface area contributed by atoms with Crippen LogP contribution in [-0.4, -0.2) is 6.61 Å². The van der Waals surface area contributed by atoms with Crippen LogP contribution >= 0.6 is 0 Å². The normalized spacial score (nSPS) is 21.7. The summed E-state index contributed by atoms with van der Waals surface area (Å²) in [5, 5.41) is 8.69. The number of benzene rings is 1. The summed E-state index contributed by atoms with van der Waals surface area (Å²) in [6.07, 6.45) is 12.0. The molecule has 0 N–H and O–H groups in total. The van der Waals surface area contributed by atoms with Crippen molar-refractivity contribution in [1.29, 1.82) is 5.26 Å². The summed E-state index contributed by atoms with van der Waals surface area (Å²) in [7, 11) is 0. The Balaban J connectivity index is 1.74. The number of hydrogen-bond donors (Lipinski definition) is 0. The number of halogens is 1. The lowest BCUT2D eigenvalue weighted by atomic mass is 9.80. The lowest BCUT2D eigenvalue weighted by Gasteiger charge is -2.26. The zero-order chi connectivity index (χ0) is 15.8. The molecule has 1 aromatic rings. The van der Waals surface area contributed by atoms with Gasteiger partial charge in [-0.2, -0.15) is 5.26 Å². The number of allylic oxidation sites excluding steroid dienone is 1. The van der Waals surface area contributed by atoms with Crippen molar-refractivity contribution in [2.75, 3.05) is 6.61 Å². The Morgan fingerprint density at radius 1 is 1.32 bits per heavy atom. The first-order chi connectivity index (χ1) is 10.7. The Morgan fingerprint density at radius 2 is 2.09 bits per heavy atom. The maximum atomic E-state index is 13.6. The van der Waals surface area contributed by atoms with E-state index in [0.717, 1.165) is 5.92 Å². The molecule has 0 unspecified atom stereocenters. The van der Waals surface area contributed by atoms with E-state index in [-0.39, 0.29) is 5.75 Å². The molecule has 0 radical (unpaired) electrons. The minimum Gasteiger partial charge on any atom is -0.486 e. The van der Waals surface area contributed by atoms with Gasteiger partial charge in [-0.15, -0.1) is 0 Å². The number of nitrogens with zero attached hydrogens (tertiary/aromatic N) is 1. The predicted molar refractivity (Wildman–Crippen MR) is 86.1 cm³/mol. The summed E-state index contributed by atoms with van der Waals surface area (Å²) in [5.41, 5.74) is 0.309. The van der Waals surface area contributed by atoms with Crippen molar-refractivity contribution >= 4 is 0 Å². The van der Waals surface area contributed by atoms with E-state index in [0.29, 0.717) is 18.1 Å². The van der Waals surface area contributed by atoms with Crippen LogP contribution < -0.4 is 4.74 Å². The molecule has 0 aliphatic heterocycles. The van der Waals surface area contributed by atoms with Crippen LogP contribution in [0, 0.1) is 29.0 Å². The molecule has 1 saturated carbocycles. The van der Waals surface area contributed by atoms with E-state index in [2.05, 4.69) is 13.0 Å². The molecule has 2 rings (SSSR count). The van der Waals surface area contributed by atoms with E-state index in [4.69, 9.17) is 10.00 Å². The van der Waals surface area contributed by atoms with E-state index >= 15 is 0 Å². The van der Waals surface area contributed by atoms with Crippen LogP contribution in [0.15, 0.2) is 30.4 Å². The molecule has 118 valence electrons. The lowest BCUT2D eigenvalue weighted by molar-refractivity contribution is 0.292. The van der Waals surface area contributed by atoms with Crippen LogP contribution in [-0.2, 0) is 0 Å². The van der Waals surface area contributed by atoms with Gasteiger partial charge in [0.1, 0.15) is 6.61 Å². The highest BCUT2D eigenvalue weighted by Gasteiger charge is 2.18. The lowest BCUT2D eigenvalue weighted by Crippen LogP contribution is -2.13. The Bertz CT molecular complexity index is 539. The molecule has 0 spiro atoms. The van der Waals surface area contributed by atoms with Crippen LogP contribution in [0.4, 0.5) is 4.39 Å². The van der Waals surface area contributed by atoms with Crippen molar-refractivity contribution in [1.82, 2.24) is 0 Å². The monoisotopic (exact) mass is 301 g/mol. The van der Waals surface area contributed by atoms with Crippen molar-refractivity contribution in [2.45, 2.75) is 45.4 Å². The molecule has 1 aromatic carbocycles. The van der Waals surface area contributed by atoms with Gasteiger partial charge in [-0.25, -0.2) is 4.39 Å². The second-order valence-corrected chi connectivity index (χ2v) is 6.07. The fraction of sp³-hybridized carbons (Fsp3) is 0.526. The highest BCUT2D eigenvalue weighted by molar-refractivity contribution is 5.36. The number of nitriles is 1. The van der Waals surface area contributed by atoms with E-state index in [1.165, 1.54) is 50.7 Å². The van der Waals surface area contributed by atoms with Gasteiger partial charge in [0.15, 0.2) is 11.6 Å². The van der Waals surface area contributed by atoms with Crippen LogP contribution in [0.2, 0.25) is 0 Å². The maximum absolute atomic E-state index is 13.6. The maximum Gasteiger partial charge on any atom is 0.166 e. The zero-order valence-corrected chi connectivity index (χ0v) is 13.2. The van der Waals surface area contributed by atoms with Gasteiger partial charge in [0.05, 0.1) is 11.6 Å². The van der Waals surface area contributed by atoms with Gasteiger partial charge in [-0.05, 0) is 55.7 Å². The molecule has 0 aromatic heterocycles. The summed E-state index contributed by atoms with van der Waals surface area (Å²) in [5.74, 6) is 1.28. The van der Waals surface area contributed by atoms with Crippen LogP contribution in [0.5, 0.6) is 5.75 Å². The summed E-state index contributed by atoms with van der Waals surface area (Å²) in [6.45, 7) is 2.63. The van der Waals surface area contributed by atoms with Crippen molar-refractivity contribution < 1.29 is 9.13 Å². The average Bonchev–Trinajstić information content (AvgIpc) is 2.54. The van der Waals surface area contributed by atoms with Crippen molar-refractivity contribution in [3.63, 3.8) is 0 Å². The molecule has 0 saturated heterocycles. The largest absolute Gasteiger partial charge is 0.486 e. The van der Waals surface area contributed by atoms with E-state index in [9.17, 15) is 4.39 Å². The third kappa shape index (κ3) is 4.87.